The minimum atomic E-state index is -1.56. The minimum absolute atomic E-state index is 0.0619. The number of methoxy groups -OCH3 is 1. The van der Waals surface area contributed by atoms with Crippen molar-refractivity contribution in [1.82, 2.24) is 20.6 Å². The van der Waals surface area contributed by atoms with Crippen LogP contribution < -0.4 is 16.0 Å². The maximum atomic E-state index is 14.2. The third-order valence-electron chi connectivity index (χ3n) is 8.45. The van der Waals surface area contributed by atoms with Crippen LogP contribution >= 0.6 is 0 Å². The van der Waals surface area contributed by atoms with Gasteiger partial charge in [-0.2, -0.15) is 0 Å². The van der Waals surface area contributed by atoms with Crippen LogP contribution in [0.3, 0.4) is 0 Å². The number of aromatic nitrogens is 2. The van der Waals surface area contributed by atoms with Crippen molar-refractivity contribution < 1.29 is 32.2 Å². The number of hydrogen-bond acceptors (Lipinski definition) is 6. The van der Waals surface area contributed by atoms with E-state index in [9.17, 15) is 22.8 Å². The quantitative estimate of drug-likeness (QED) is 0.134. The highest BCUT2D eigenvalue weighted by Gasteiger charge is 2.33. The molecule has 0 radical (unpaired) electrons. The van der Waals surface area contributed by atoms with Crippen LogP contribution in [0.4, 0.5) is 23.7 Å². The highest BCUT2D eigenvalue weighted by atomic mass is 19.2. The van der Waals surface area contributed by atoms with Gasteiger partial charge >= 0.3 is 6.09 Å². The molecule has 1 aliphatic heterocycles. The fourth-order valence-electron chi connectivity index (χ4n) is 6.00. The predicted octanol–water partition coefficient (Wildman–Crippen LogP) is 6.14. The van der Waals surface area contributed by atoms with Crippen molar-refractivity contribution in [2.45, 2.75) is 36.9 Å². The summed E-state index contributed by atoms with van der Waals surface area (Å²) < 4.78 is 52.5. The Balaban J connectivity index is 1.14. The van der Waals surface area contributed by atoms with Crippen LogP contribution in [-0.2, 0) is 20.7 Å². The molecule has 0 bridgehead atoms. The maximum absolute atomic E-state index is 14.2. The summed E-state index contributed by atoms with van der Waals surface area (Å²) in [5.74, 6) is -4.79. The van der Waals surface area contributed by atoms with Crippen molar-refractivity contribution in [1.29, 1.82) is 0 Å². The molecule has 48 heavy (non-hydrogen) atoms. The molecule has 5 aromatic rings. The molecule has 1 saturated heterocycles. The summed E-state index contributed by atoms with van der Waals surface area (Å²) in [4.78, 5) is 33.5. The molecule has 4 N–H and O–H groups in total. The fourth-order valence-corrected chi connectivity index (χ4v) is 6.00. The summed E-state index contributed by atoms with van der Waals surface area (Å²) in [5, 5.41) is 9.10. The van der Waals surface area contributed by atoms with Crippen molar-refractivity contribution in [2.75, 3.05) is 25.6 Å². The zero-order valence-electron chi connectivity index (χ0n) is 26.0. The number of fused-ring (bicyclic) bond motifs is 1. The van der Waals surface area contributed by atoms with E-state index in [1.807, 2.05) is 84.9 Å². The van der Waals surface area contributed by atoms with Crippen LogP contribution in [0.5, 0.6) is 0 Å². The van der Waals surface area contributed by atoms with Gasteiger partial charge in [0.2, 0.25) is 5.91 Å². The van der Waals surface area contributed by atoms with Gasteiger partial charge in [-0.25, -0.2) is 22.9 Å². The number of H-pyrrole nitrogens is 1. The number of para-hydroxylation sites is 1. The number of benzene rings is 4. The second-order valence-electron chi connectivity index (χ2n) is 11.5. The molecule has 4 aromatic carbocycles. The van der Waals surface area contributed by atoms with E-state index >= 15 is 0 Å². The number of imidazole rings is 1. The standard InChI is InChI=1S/C36H34F3N5O4/c1-47-36(46)44-33(29(22-11-4-2-5-12-22)23-13-6-3-7-14-23)35(45)42-26-15-9-8-10-21(26)16-17-24-19-40-28(20-48-24)34-41-27-18-25(37)30(38)31(39)32(27)43-34/h2-15,18,24,28-29,33,40H,16-17,19-20H2,1H3,(H,41,43)(H,42,45)(H,44,46)/t24-,28+,33?/m1/s1. The topological polar surface area (TPSA) is 117 Å². The number of aryl methyl sites for hydroxylation is 1. The lowest BCUT2D eigenvalue weighted by Crippen LogP contribution is -2.48. The second-order valence-corrected chi connectivity index (χ2v) is 11.5. The first-order chi connectivity index (χ1) is 23.3. The number of ether oxygens (including phenoxy) is 2. The van der Waals surface area contributed by atoms with Crippen LogP contribution in [0.25, 0.3) is 11.0 Å². The van der Waals surface area contributed by atoms with E-state index in [2.05, 4.69) is 25.9 Å². The van der Waals surface area contributed by atoms with E-state index in [1.54, 1.807) is 0 Å². The Kier molecular flexibility index (Phi) is 10.0. The number of alkyl carbamates (subject to hydrolysis) is 1. The monoisotopic (exact) mass is 657 g/mol. The van der Waals surface area contributed by atoms with Gasteiger partial charge in [-0.1, -0.05) is 78.9 Å². The van der Waals surface area contributed by atoms with Crippen LogP contribution in [0.1, 0.15) is 40.9 Å². The highest BCUT2D eigenvalue weighted by Crippen LogP contribution is 2.30. The van der Waals surface area contributed by atoms with E-state index in [0.29, 0.717) is 30.9 Å². The molecule has 2 heterocycles. The third kappa shape index (κ3) is 7.19. The molecule has 0 spiro atoms. The number of morpholine rings is 1. The molecule has 6 rings (SSSR count). The number of rotatable bonds is 10. The lowest BCUT2D eigenvalue weighted by molar-refractivity contribution is -0.118. The number of hydrogen-bond donors (Lipinski definition) is 4. The van der Waals surface area contributed by atoms with Gasteiger partial charge in [-0.05, 0) is 35.6 Å². The van der Waals surface area contributed by atoms with Gasteiger partial charge in [-0.15, -0.1) is 0 Å². The third-order valence-corrected chi connectivity index (χ3v) is 8.45. The van der Waals surface area contributed by atoms with E-state index in [4.69, 9.17) is 9.47 Å². The molecule has 1 aliphatic rings. The van der Waals surface area contributed by atoms with Gasteiger partial charge in [0.1, 0.15) is 17.4 Å². The molecule has 248 valence electrons. The number of anilines is 1. The Bertz CT molecular complexity index is 1840. The Morgan fingerprint density at radius 3 is 2.27 bits per heavy atom. The van der Waals surface area contributed by atoms with Crippen molar-refractivity contribution >= 4 is 28.7 Å². The van der Waals surface area contributed by atoms with E-state index in [0.717, 1.165) is 22.8 Å². The average Bonchev–Trinajstić information content (AvgIpc) is 3.55. The van der Waals surface area contributed by atoms with Crippen molar-refractivity contribution in [3.63, 3.8) is 0 Å². The summed E-state index contributed by atoms with van der Waals surface area (Å²) in [5.41, 5.74) is 2.97. The van der Waals surface area contributed by atoms with Crippen LogP contribution in [-0.4, -0.2) is 54.4 Å². The van der Waals surface area contributed by atoms with Gasteiger partial charge in [-0.3, -0.25) is 4.79 Å². The molecule has 1 fully saturated rings. The molecule has 1 unspecified atom stereocenters. The summed E-state index contributed by atoms with van der Waals surface area (Å²) in [6.45, 7) is 0.652. The van der Waals surface area contributed by atoms with Crippen molar-refractivity contribution in [2.24, 2.45) is 0 Å². The number of nitrogens with zero attached hydrogens (tertiary/aromatic N) is 1. The lowest BCUT2D eigenvalue weighted by Gasteiger charge is -2.30. The first-order valence-corrected chi connectivity index (χ1v) is 15.5. The largest absolute Gasteiger partial charge is 0.453 e. The van der Waals surface area contributed by atoms with Crippen LogP contribution in [0.2, 0.25) is 0 Å². The number of aromatic amines is 1. The summed E-state index contributed by atoms with van der Waals surface area (Å²) in [7, 11) is 1.25. The SMILES string of the molecule is COC(=O)NC(C(=O)Nc1ccccc1CC[C@@H]1CN[C@H](c2nc3c(F)c(F)c(F)cc3[nH]2)CO1)C(c1ccccc1)c1ccccc1. The molecule has 12 heteroatoms. The number of carbonyl (C=O) groups is 2. The number of halogens is 3. The maximum Gasteiger partial charge on any atom is 0.407 e. The molecular weight excluding hydrogens is 623 g/mol. The summed E-state index contributed by atoms with van der Waals surface area (Å²) >= 11 is 0. The van der Waals surface area contributed by atoms with Gasteiger partial charge in [0.25, 0.3) is 0 Å². The predicted molar refractivity (Wildman–Crippen MR) is 174 cm³/mol. The number of nitrogens with one attached hydrogen (secondary N) is 4. The smallest absolute Gasteiger partial charge is 0.407 e. The fraction of sp³-hybridized carbons (Fsp3) is 0.250. The molecule has 2 amide bonds. The molecule has 3 atom stereocenters. The first kappa shape index (κ1) is 32.7. The zero-order chi connectivity index (χ0) is 33.6. The van der Waals surface area contributed by atoms with E-state index in [-0.39, 0.29) is 23.7 Å². The van der Waals surface area contributed by atoms with E-state index < -0.39 is 47.5 Å². The number of carbonyl (C=O) groups excluding carboxylic acids is 2. The lowest BCUT2D eigenvalue weighted by atomic mass is 9.84. The van der Waals surface area contributed by atoms with Gasteiger partial charge in [0.05, 0.1) is 31.4 Å². The van der Waals surface area contributed by atoms with Crippen LogP contribution in [0, 0.1) is 17.5 Å². The van der Waals surface area contributed by atoms with Gasteiger partial charge in [0.15, 0.2) is 17.5 Å². The first-order valence-electron chi connectivity index (χ1n) is 15.5. The van der Waals surface area contributed by atoms with E-state index in [1.165, 1.54) is 7.11 Å². The normalized spacial score (nSPS) is 16.9. The zero-order valence-corrected chi connectivity index (χ0v) is 26.0. The van der Waals surface area contributed by atoms with Crippen molar-refractivity contribution in [3.05, 3.63) is 131 Å². The Hall–Kier alpha value is -5.20. The average molecular weight is 658 g/mol. The van der Waals surface area contributed by atoms with Gasteiger partial charge in [0, 0.05) is 24.2 Å². The highest BCUT2D eigenvalue weighted by molar-refractivity contribution is 5.98. The Labute approximate surface area is 274 Å². The Morgan fingerprint density at radius 1 is 0.958 bits per heavy atom. The Morgan fingerprint density at radius 2 is 1.62 bits per heavy atom. The molecule has 0 saturated carbocycles. The summed E-state index contributed by atoms with van der Waals surface area (Å²) in [6.07, 6.45) is 0.263. The van der Waals surface area contributed by atoms with Crippen molar-refractivity contribution in [3.8, 4) is 0 Å². The second kappa shape index (κ2) is 14.7. The summed E-state index contributed by atoms with van der Waals surface area (Å²) in [6, 6.07) is 25.9. The van der Waals surface area contributed by atoms with Gasteiger partial charge < -0.3 is 30.4 Å². The minimum Gasteiger partial charge on any atom is -0.453 e. The molecule has 1 aromatic heterocycles. The molecule has 9 nitrogen and oxygen atoms in total. The number of amides is 2. The molecule has 0 aliphatic carbocycles. The van der Waals surface area contributed by atoms with Crippen LogP contribution in [0.15, 0.2) is 91.0 Å². The molecular formula is C36H34F3N5O4.